The smallest absolute Gasteiger partial charge is 0.293 e. The molecule has 2 amide bonds. The minimum atomic E-state index is -3.56. The maximum Gasteiger partial charge on any atom is 0.293 e. The van der Waals surface area contributed by atoms with Gasteiger partial charge in [0.1, 0.15) is 5.69 Å². The molecule has 1 heterocycles. The lowest BCUT2D eigenvalue weighted by atomic mass is 9.91. The number of carbonyl (C=O) groups excluding carboxylic acids is 2. The Balaban J connectivity index is 1.90. The molecule has 1 aliphatic rings. The molecule has 1 fully saturated rings. The van der Waals surface area contributed by atoms with E-state index >= 15 is 0 Å². The van der Waals surface area contributed by atoms with E-state index in [1.807, 2.05) is 20.8 Å². The molecule has 11 heteroatoms. The highest BCUT2D eigenvalue weighted by Gasteiger charge is 2.33. The molecular weight excluding hydrogens is 424 g/mol. The molecule has 31 heavy (non-hydrogen) atoms. The van der Waals surface area contributed by atoms with Crippen molar-refractivity contribution in [2.45, 2.75) is 38.5 Å². The molecule has 1 aromatic carbocycles. The molecule has 10 nitrogen and oxygen atoms in total. The number of likely N-dealkylation sites (tertiary alicyclic amines) is 1. The van der Waals surface area contributed by atoms with Crippen molar-refractivity contribution < 1.29 is 22.9 Å². The van der Waals surface area contributed by atoms with E-state index in [1.54, 1.807) is 4.90 Å². The van der Waals surface area contributed by atoms with E-state index in [2.05, 4.69) is 10.6 Å². The first-order chi connectivity index (χ1) is 14.3. The lowest BCUT2D eigenvalue weighted by molar-refractivity contribution is -0.384. The topological polar surface area (TPSA) is 139 Å². The van der Waals surface area contributed by atoms with Crippen molar-refractivity contribution >= 4 is 33.0 Å². The molecule has 1 unspecified atom stereocenters. The Hall–Kier alpha value is -2.69. The largest absolute Gasteiger partial charge is 0.378 e. The summed E-state index contributed by atoms with van der Waals surface area (Å²) in [6.45, 7) is 7.04. The lowest BCUT2D eigenvalue weighted by Gasteiger charge is -2.35. The third-order valence-electron chi connectivity index (χ3n) is 5.05. The van der Waals surface area contributed by atoms with Crippen LogP contribution in [-0.4, -0.2) is 62.5 Å². The molecule has 1 saturated heterocycles. The average Bonchev–Trinajstić information content (AvgIpc) is 2.69. The molecule has 0 spiro atoms. The van der Waals surface area contributed by atoms with Gasteiger partial charge in [0.25, 0.3) is 5.69 Å². The van der Waals surface area contributed by atoms with Gasteiger partial charge >= 0.3 is 0 Å². The first kappa shape index (κ1) is 24.6. The van der Waals surface area contributed by atoms with Crippen LogP contribution in [0.5, 0.6) is 0 Å². The Labute approximate surface area is 182 Å². The Morgan fingerprint density at radius 1 is 1.26 bits per heavy atom. The summed E-state index contributed by atoms with van der Waals surface area (Å²) in [7, 11) is -3.56. The van der Waals surface area contributed by atoms with Gasteiger partial charge in [-0.05, 0) is 25.0 Å². The van der Waals surface area contributed by atoms with Gasteiger partial charge in [-0.3, -0.25) is 19.7 Å². The van der Waals surface area contributed by atoms with Gasteiger partial charge in [0, 0.05) is 43.9 Å². The van der Waals surface area contributed by atoms with Crippen LogP contribution < -0.4 is 10.6 Å². The number of amides is 2. The monoisotopic (exact) mass is 454 g/mol. The lowest BCUT2D eigenvalue weighted by Crippen LogP contribution is -2.49. The zero-order chi connectivity index (χ0) is 23.4. The van der Waals surface area contributed by atoms with Crippen molar-refractivity contribution in [2.24, 2.45) is 11.3 Å². The Morgan fingerprint density at radius 3 is 2.52 bits per heavy atom. The normalized spacial score (nSPS) is 17.2. The number of benzene rings is 1. The van der Waals surface area contributed by atoms with Gasteiger partial charge < -0.3 is 15.5 Å². The number of rotatable bonds is 7. The zero-order valence-corrected chi connectivity index (χ0v) is 19.1. The SMILES string of the molecule is CC(C)(C)C(=O)N1CCCC(C(=O)NCCNc2ccc(S(C)(=O)=O)cc2[N+](=O)[O-])C1. The van der Waals surface area contributed by atoms with Crippen LogP contribution in [0.15, 0.2) is 23.1 Å². The molecule has 1 atom stereocenters. The van der Waals surface area contributed by atoms with Gasteiger partial charge in [0.05, 0.1) is 15.7 Å². The van der Waals surface area contributed by atoms with E-state index in [0.717, 1.165) is 18.7 Å². The fourth-order valence-corrected chi connectivity index (χ4v) is 4.06. The number of hydrogen-bond donors (Lipinski definition) is 2. The zero-order valence-electron chi connectivity index (χ0n) is 18.3. The van der Waals surface area contributed by atoms with E-state index in [1.165, 1.54) is 12.1 Å². The number of nitrogens with one attached hydrogen (secondary N) is 2. The maximum absolute atomic E-state index is 12.5. The Bertz CT molecular complexity index is 955. The van der Waals surface area contributed by atoms with Crippen molar-refractivity contribution in [2.75, 3.05) is 37.8 Å². The highest BCUT2D eigenvalue weighted by Crippen LogP contribution is 2.27. The maximum atomic E-state index is 12.5. The number of sulfone groups is 1. The summed E-state index contributed by atoms with van der Waals surface area (Å²) >= 11 is 0. The molecule has 1 aromatic rings. The molecule has 0 aromatic heterocycles. The van der Waals surface area contributed by atoms with Crippen LogP contribution in [0.1, 0.15) is 33.6 Å². The quantitative estimate of drug-likeness (QED) is 0.364. The number of nitro groups is 1. The van der Waals surface area contributed by atoms with Crippen LogP contribution in [0.4, 0.5) is 11.4 Å². The molecule has 0 radical (unpaired) electrons. The highest BCUT2D eigenvalue weighted by atomic mass is 32.2. The summed E-state index contributed by atoms with van der Waals surface area (Å²) in [5.41, 5.74) is -0.673. The van der Waals surface area contributed by atoms with Gasteiger partial charge in [0.15, 0.2) is 9.84 Å². The van der Waals surface area contributed by atoms with Gasteiger partial charge in [0.2, 0.25) is 11.8 Å². The summed E-state index contributed by atoms with van der Waals surface area (Å²) in [4.78, 5) is 37.2. The van der Waals surface area contributed by atoms with Crippen LogP contribution >= 0.6 is 0 Å². The number of carbonyl (C=O) groups is 2. The number of hydrogen-bond acceptors (Lipinski definition) is 7. The van der Waals surface area contributed by atoms with Gasteiger partial charge in [-0.25, -0.2) is 8.42 Å². The van der Waals surface area contributed by atoms with Gasteiger partial charge in [-0.2, -0.15) is 0 Å². The van der Waals surface area contributed by atoms with Crippen molar-refractivity contribution in [3.63, 3.8) is 0 Å². The van der Waals surface area contributed by atoms with Crippen LogP contribution in [0.25, 0.3) is 0 Å². The molecule has 172 valence electrons. The van der Waals surface area contributed by atoms with Gasteiger partial charge in [-0.15, -0.1) is 0 Å². The molecule has 0 bridgehead atoms. The fraction of sp³-hybridized carbons (Fsp3) is 0.600. The second-order valence-electron chi connectivity index (χ2n) is 8.77. The summed E-state index contributed by atoms with van der Waals surface area (Å²) in [5.74, 6) is -0.421. The summed E-state index contributed by atoms with van der Waals surface area (Å²) in [5, 5.41) is 16.9. The van der Waals surface area contributed by atoms with Crippen LogP contribution in [0.3, 0.4) is 0 Å². The molecule has 1 aliphatic heterocycles. The first-order valence-corrected chi connectivity index (χ1v) is 12.0. The third-order valence-corrected chi connectivity index (χ3v) is 6.16. The van der Waals surface area contributed by atoms with Crippen molar-refractivity contribution in [3.8, 4) is 0 Å². The van der Waals surface area contributed by atoms with Crippen molar-refractivity contribution in [3.05, 3.63) is 28.3 Å². The van der Waals surface area contributed by atoms with E-state index in [0.29, 0.717) is 19.5 Å². The molecule has 2 N–H and O–H groups in total. The molecule has 0 saturated carbocycles. The van der Waals surface area contributed by atoms with E-state index < -0.39 is 20.2 Å². The summed E-state index contributed by atoms with van der Waals surface area (Å²) in [6, 6.07) is 3.65. The number of anilines is 1. The van der Waals surface area contributed by atoms with Crippen LogP contribution in [0, 0.1) is 21.4 Å². The Kier molecular flexibility index (Phi) is 7.63. The molecule has 0 aliphatic carbocycles. The molecular formula is C20H30N4O6S. The first-order valence-electron chi connectivity index (χ1n) is 10.1. The van der Waals surface area contributed by atoms with Crippen LogP contribution in [0.2, 0.25) is 0 Å². The van der Waals surface area contributed by atoms with E-state index in [9.17, 15) is 28.1 Å². The standard InChI is InChI=1S/C20H30N4O6S/c1-20(2,3)19(26)23-11-5-6-14(13-23)18(25)22-10-9-21-16-8-7-15(31(4,29)30)12-17(16)24(27)28/h7-8,12,14,21H,5-6,9-11,13H2,1-4H3,(H,22,25). The number of nitro benzene ring substituents is 1. The summed E-state index contributed by atoms with van der Waals surface area (Å²) < 4.78 is 23.2. The predicted molar refractivity (Wildman–Crippen MR) is 116 cm³/mol. The third kappa shape index (κ3) is 6.65. The van der Waals surface area contributed by atoms with Crippen LogP contribution in [-0.2, 0) is 19.4 Å². The van der Waals surface area contributed by atoms with E-state index in [-0.39, 0.29) is 47.1 Å². The Morgan fingerprint density at radius 2 is 1.94 bits per heavy atom. The fourth-order valence-electron chi connectivity index (χ4n) is 3.42. The summed E-state index contributed by atoms with van der Waals surface area (Å²) in [6.07, 6.45) is 2.44. The second kappa shape index (κ2) is 9.63. The van der Waals surface area contributed by atoms with Gasteiger partial charge in [-0.1, -0.05) is 20.8 Å². The average molecular weight is 455 g/mol. The van der Waals surface area contributed by atoms with Crippen molar-refractivity contribution in [1.82, 2.24) is 10.2 Å². The van der Waals surface area contributed by atoms with E-state index in [4.69, 9.17) is 0 Å². The van der Waals surface area contributed by atoms with Crippen molar-refractivity contribution in [1.29, 1.82) is 0 Å². The minimum Gasteiger partial charge on any atom is -0.378 e. The number of nitrogens with zero attached hydrogens (tertiary/aromatic N) is 2. The molecule has 2 rings (SSSR count). The number of piperidine rings is 1. The highest BCUT2D eigenvalue weighted by molar-refractivity contribution is 7.90. The second-order valence-corrected chi connectivity index (χ2v) is 10.8. The predicted octanol–water partition coefficient (Wildman–Crippen LogP) is 1.81. The minimum absolute atomic E-state index is 0.0246.